The maximum atomic E-state index is 9.80. The van der Waals surface area contributed by atoms with Gasteiger partial charge in [-0.25, -0.2) is 15.0 Å². The van der Waals surface area contributed by atoms with Gasteiger partial charge in [-0.1, -0.05) is 24.3 Å². The highest BCUT2D eigenvalue weighted by atomic mass is 16.3. The summed E-state index contributed by atoms with van der Waals surface area (Å²) in [5, 5.41) is 13.8. The number of fused-ring (bicyclic) bond motifs is 2. The lowest BCUT2D eigenvalue weighted by Gasteiger charge is -2.28. The van der Waals surface area contributed by atoms with Crippen LogP contribution in [0.1, 0.15) is 17.5 Å². The van der Waals surface area contributed by atoms with E-state index in [1.54, 1.807) is 12.3 Å². The second-order valence-electron chi connectivity index (χ2n) is 6.33. The van der Waals surface area contributed by atoms with E-state index in [9.17, 15) is 5.11 Å². The molecule has 0 saturated carbocycles. The van der Waals surface area contributed by atoms with Crippen molar-refractivity contribution in [1.82, 2.24) is 19.9 Å². The molecule has 0 saturated heterocycles. The highest BCUT2D eigenvalue weighted by Crippen LogP contribution is 2.24. The molecule has 6 nitrogen and oxygen atoms in total. The predicted octanol–water partition coefficient (Wildman–Crippen LogP) is 2.59. The van der Waals surface area contributed by atoms with E-state index in [1.807, 2.05) is 0 Å². The zero-order valence-electron chi connectivity index (χ0n) is 14.0. The fourth-order valence-electron chi connectivity index (χ4n) is 3.36. The molecule has 128 valence electrons. The third-order valence-electron chi connectivity index (χ3n) is 4.69. The maximum Gasteiger partial charge on any atom is 0.222 e. The first kappa shape index (κ1) is 15.8. The molecule has 1 aliphatic heterocycles. The van der Waals surface area contributed by atoms with Crippen LogP contribution in [0.4, 0.5) is 5.82 Å². The second kappa shape index (κ2) is 7.03. The molecule has 0 amide bonds. The van der Waals surface area contributed by atoms with Gasteiger partial charge < -0.3 is 10.4 Å². The number of nitrogens with zero attached hydrogens (tertiary/aromatic N) is 4. The van der Waals surface area contributed by atoms with Crippen molar-refractivity contribution < 1.29 is 5.11 Å². The van der Waals surface area contributed by atoms with Crippen LogP contribution in [0.3, 0.4) is 0 Å². The summed E-state index contributed by atoms with van der Waals surface area (Å²) in [4.78, 5) is 14.9. The Morgan fingerprint density at radius 3 is 2.88 bits per heavy atom. The largest absolute Gasteiger partial charge is 0.493 e. The van der Waals surface area contributed by atoms with E-state index in [0.717, 1.165) is 39.0 Å². The third kappa shape index (κ3) is 3.39. The molecule has 6 heteroatoms. The van der Waals surface area contributed by atoms with Crippen LogP contribution in [-0.2, 0) is 13.0 Å². The van der Waals surface area contributed by atoms with Gasteiger partial charge in [-0.2, -0.15) is 0 Å². The highest BCUT2D eigenvalue weighted by molar-refractivity contribution is 5.90. The average molecular weight is 335 g/mol. The minimum atomic E-state index is -0.0116. The number of benzene rings is 1. The zero-order chi connectivity index (χ0) is 17.1. The van der Waals surface area contributed by atoms with Gasteiger partial charge in [0, 0.05) is 32.4 Å². The molecule has 2 aromatic heterocycles. The Hall–Kier alpha value is -2.73. The minimum absolute atomic E-state index is 0.0116. The standard InChI is InChI=1S/C19H21N5O/c25-19-16-6-9-21-18(17(16)22-13-23-19)20-8-3-10-24-11-7-14-4-1-2-5-15(14)12-24/h1-2,4-6,9,13H,3,7-8,10-12H2,(H,20,21)(H,22,23,25). The van der Waals surface area contributed by atoms with Crippen molar-refractivity contribution in [2.75, 3.05) is 25.0 Å². The first-order valence-electron chi connectivity index (χ1n) is 8.63. The van der Waals surface area contributed by atoms with Crippen LogP contribution in [0, 0.1) is 0 Å². The molecule has 0 radical (unpaired) electrons. The van der Waals surface area contributed by atoms with Gasteiger partial charge in [0.1, 0.15) is 11.8 Å². The zero-order valence-corrected chi connectivity index (χ0v) is 14.0. The van der Waals surface area contributed by atoms with Gasteiger partial charge in [-0.05, 0) is 30.0 Å². The van der Waals surface area contributed by atoms with E-state index >= 15 is 0 Å². The van der Waals surface area contributed by atoms with Gasteiger partial charge in [0.15, 0.2) is 5.82 Å². The van der Waals surface area contributed by atoms with Crippen LogP contribution in [0.2, 0.25) is 0 Å². The van der Waals surface area contributed by atoms with Crippen LogP contribution >= 0.6 is 0 Å². The Morgan fingerprint density at radius 1 is 1.08 bits per heavy atom. The van der Waals surface area contributed by atoms with Crippen molar-refractivity contribution in [3.8, 4) is 5.88 Å². The number of rotatable bonds is 5. The van der Waals surface area contributed by atoms with Crippen molar-refractivity contribution >= 4 is 16.7 Å². The molecule has 0 unspecified atom stereocenters. The number of pyridine rings is 1. The summed E-state index contributed by atoms with van der Waals surface area (Å²) in [6.07, 6.45) is 5.17. The number of hydrogen-bond donors (Lipinski definition) is 2. The fourth-order valence-corrected chi connectivity index (χ4v) is 3.36. The Labute approximate surface area is 146 Å². The van der Waals surface area contributed by atoms with Gasteiger partial charge in [-0.3, -0.25) is 4.90 Å². The summed E-state index contributed by atoms with van der Waals surface area (Å²) in [6, 6.07) is 10.4. The van der Waals surface area contributed by atoms with Crippen LogP contribution < -0.4 is 5.32 Å². The van der Waals surface area contributed by atoms with Crippen LogP contribution in [0.15, 0.2) is 42.9 Å². The normalized spacial score (nSPS) is 14.4. The molecule has 1 aliphatic rings. The quantitative estimate of drug-likeness (QED) is 0.698. The summed E-state index contributed by atoms with van der Waals surface area (Å²) in [7, 11) is 0. The van der Waals surface area contributed by atoms with E-state index in [0.29, 0.717) is 16.7 Å². The number of hydrogen-bond acceptors (Lipinski definition) is 6. The summed E-state index contributed by atoms with van der Waals surface area (Å²) in [6.45, 7) is 4.01. The molecule has 1 aromatic carbocycles. The lowest BCUT2D eigenvalue weighted by Crippen LogP contribution is -2.32. The van der Waals surface area contributed by atoms with E-state index in [1.165, 1.54) is 17.5 Å². The van der Waals surface area contributed by atoms with Crippen molar-refractivity contribution in [2.24, 2.45) is 0 Å². The Kier molecular flexibility index (Phi) is 4.43. The molecule has 0 aliphatic carbocycles. The highest BCUT2D eigenvalue weighted by Gasteiger charge is 2.15. The molecule has 2 N–H and O–H groups in total. The third-order valence-corrected chi connectivity index (χ3v) is 4.69. The van der Waals surface area contributed by atoms with Crippen LogP contribution in [-0.4, -0.2) is 44.6 Å². The van der Waals surface area contributed by atoms with Crippen molar-refractivity contribution in [2.45, 2.75) is 19.4 Å². The molecule has 25 heavy (non-hydrogen) atoms. The monoisotopic (exact) mass is 335 g/mol. The Bertz CT molecular complexity index is 883. The van der Waals surface area contributed by atoms with Gasteiger partial charge in [0.25, 0.3) is 0 Å². The lowest BCUT2D eigenvalue weighted by atomic mass is 10.00. The van der Waals surface area contributed by atoms with Gasteiger partial charge in [0.05, 0.1) is 5.39 Å². The van der Waals surface area contributed by atoms with E-state index in [4.69, 9.17) is 0 Å². The van der Waals surface area contributed by atoms with Crippen molar-refractivity contribution in [3.63, 3.8) is 0 Å². The van der Waals surface area contributed by atoms with Crippen LogP contribution in [0.5, 0.6) is 5.88 Å². The van der Waals surface area contributed by atoms with Gasteiger partial charge in [-0.15, -0.1) is 0 Å². The van der Waals surface area contributed by atoms with Gasteiger partial charge >= 0.3 is 0 Å². The molecule has 0 bridgehead atoms. The number of anilines is 1. The summed E-state index contributed by atoms with van der Waals surface area (Å²) in [5.41, 5.74) is 3.59. The topological polar surface area (TPSA) is 74.2 Å². The molecule has 0 spiro atoms. The minimum Gasteiger partial charge on any atom is -0.493 e. The summed E-state index contributed by atoms with van der Waals surface area (Å²) < 4.78 is 0. The molecule has 3 aromatic rings. The lowest BCUT2D eigenvalue weighted by molar-refractivity contribution is 0.253. The Morgan fingerprint density at radius 2 is 1.96 bits per heavy atom. The van der Waals surface area contributed by atoms with Gasteiger partial charge in [0.2, 0.25) is 5.88 Å². The Balaban J connectivity index is 1.33. The smallest absolute Gasteiger partial charge is 0.222 e. The molecule has 4 rings (SSSR count). The number of aromatic nitrogens is 3. The number of aromatic hydroxyl groups is 1. The van der Waals surface area contributed by atoms with Crippen molar-refractivity contribution in [1.29, 1.82) is 0 Å². The second-order valence-corrected chi connectivity index (χ2v) is 6.33. The molecule has 0 atom stereocenters. The number of nitrogens with one attached hydrogen (secondary N) is 1. The predicted molar refractivity (Wildman–Crippen MR) is 97.5 cm³/mol. The molecule has 0 fully saturated rings. The van der Waals surface area contributed by atoms with Crippen molar-refractivity contribution in [3.05, 3.63) is 54.0 Å². The molecular weight excluding hydrogens is 314 g/mol. The molecule has 3 heterocycles. The van der Waals surface area contributed by atoms with E-state index in [2.05, 4.69) is 49.4 Å². The average Bonchev–Trinajstić information content (AvgIpc) is 2.66. The molecular formula is C19H21N5O. The summed E-state index contributed by atoms with van der Waals surface area (Å²) in [5.74, 6) is 0.682. The van der Waals surface area contributed by atoms with Crippen LogP contribution in [0.25, 0.3) is 10.9 Å². The first-order chi connectivity index (χ1) is 12.3. The maximum absolute atomic E-state index is 9.80. The summed E-state index contributed by atoms with van der Waals surface area (Å²) >= 11 is 0. The SMILES string of the molecule is Oc1ncnc2c(NCCCN3CCc4ccccc4C3)nccc12. The first-order valence-corrected chi connectivity index (χ1v) is 8.63. The van der Waals surface area contributed by atoms with E-state index in [-0.39, 0.29) is 5.88 Å². The van der Waals surface area contributed by atoms with E-state index < -0.39 is 0 Å². The fraction of sp³-hybridized carbons (Fsp3) is 0.316.